The Bertz CT molecular complexity index is 1790. The van der Waals surface area contributed by atoms with Crippen LogP contribution in [-0.4, -0.2) is 42.7 Å². The zero-order valence-electron chi connectivity index (χ0n) is 26.0. The second-order valence-electron chi connectivity index (χ2n) is 13.1. The molecule has 3 fully saturated rings. The van der Waals surface area contributed by atoms with Crippen molar-refractivity contribution in [3.05, 3.63) is 92.1 Å². The first-order valence-electron chi connectivity index (χ1n) is 16.6. The molecule has 2 saturated carbocycles. The van der Waals surface area contributed by atoms with Crippen LogP contribution in [-0.2, 0) is 19.4 Å². The fourth-order valence-electron chi connectivity index (χ4n) is 7.34. The van der Waals surface area contributed by atoms with Crippen molar-refractivity contribution in [2.45, 2.75) is 83.6 Å². The first-order chi connectivity index (χ1) is 22.0. The van der Waals surface area contributed by atoms with Crippen molar-refractivity contribution in [1.29, 1.82) is 0 Å². The van der Waals surface area contributed by atoms with E-state index in [2.05, 4.69) is 46.2 Å². The molecule has 7 rings (SSSR count). The highest BCUT2D eigenvalue weighted by Gasteiger charge is 2.36. The molecule has 9 heteroatoms. The molecule has 2 aliphatic carbocycles. The molecule has 0 bridgehead atoms. The van der Waals surface area contributed by atoms with E-state index in [-0.39, 0.29) is 5.56 Å². The third-order valence-electron chi connectivity index (χ3n) is 9.98. The maximum absolute atomic E-state index is 14.4. The lowest BCUT2D eigenvalue weighted by molar-refractivity contribution is 0.299. The molecule has 3 heterocycles. The van der Waals surface area contributed by atoms with Crippen LogP contribution in [0, 0.1) is 11.8 Å². The molecule has 3 aliphatic rings. The van der Waals surface area contributed by atoms with Gasteiger partial charge < -0.3 is 4.90 Å². The summed E-state index contributed by atoms with van der Waals surface area (Å²) in [4.78, 5) is 37.2. The lowest BCUT2D eigenvalue weighted by Crippen LogP contribution is -2.35. The predicted octanol–water partition coefficient (Wildman–Crippen LogP) is 6.51. The van der Waals surface area contributed by atoms with Crippen LogP contribution in [0.25, 0.3) is 22.5 Å². The Balaban J connectivity index is 1.18. The van der Waals surface area contributed by atoms with Gasteiger partial charge in [-0.05, 0) is 60.6 Å². The van der Waals surface area contributed by atoms with E-state index in [4.69, 9.17) is 21.7 Å². The van der Waals surface area contributed by atoms with Crippen LogP contribution < -0.4 is 11.3 Å². The number of thiocarbonyl (C=S) groups is 1. The number of H-pyrrole nitrogens is 1. The zero-order valence-corrected chi connectivity index (χ0v) is 26.8. The van der Waals surface area contributed by atoms with Gasteiger partial charge in [0.2, 0.25) is 0 Å². The third-order valence-corrected chi connectivity index (χ3v) is 10.4. The number of fused-ring (bicyclic) bond motifs is 1. The number of hydrogen-bond acceptors (Lipinski definition) is 6. The number of benzene rings is 2. The van der Waals surface area contributed by atoms with Gasteiger partial charge in [0.05, 0.1) is 17.2 Å². The molecule has 2 aromatic carbocycles. The molecule has 2 aromatic heterocycles. The van der Waals surface area contributed by atoms with Gasteiger partial charge in [-0.1, -0.05) is 92.1 Å². The van der Waals surface area contributed by atoms with Crippen molar-refractivity contribution in [3.63, 3.8) is 0 Å². The number of aromatic nitrogens is 4. The summed E-state index contributed by atoms with van der Waals surface area (Å²) < 4.78 is 6.66. The molecule has 45 heavy (non-hydrogen) atoms. The number of likely N-dealkylation sites (tertiary alicyclic amines) is 1. The maximum Gasteiger partial charge on any atom is 0.439 e. The summed E-state index contributed by atoms with van der Waals surface area (Å²) in [6.45, 7) is 4.72. The molecular weight excluding hydrogens is 582 g/mol. The first-order valence-corrected chi connectivity index (χ1v) is 17.0. The number of unbranched alkanes of at least 4 members (excludes halogenated alkanes) is 1. The van der Waals surface area contributed by atoms with Crippen LogP contribution in [0.15, 0.2) is 62.6 Å². The highest BCUT2D eigenvalue weighted by Crippen LogP contribution is 2.41. The topological polar surface area (TPSA) is 97.0 Å². The van der Waals surface area contributed by atoms with Crippen LogP contribution in [0.4, 0.5) is 0 Å². The van der Waals surface area contributed by atoms with Gasteiger partial charge in [0.25, 0.3) is 5.56 Å². The molecule has 0 spiro atoms. The lowest BCUT2D eigenvalue weighted by atomic mass is 9.82. The molecular formula is C36H41N5O3S. The van der Waals surface area contributed by atoms with Crippen LogP contribution in [0.3, 0.4) is 0 Å². The predicted molar refractivity (Wildman–Crippen MR) is 180 cm³/mol. The summed E-state index contributed by atoms with van der Waals surface area (Å²) in [5.74, 6) is 2.57. The van der Waals surface area contributed by atoms with Gasteiger partial charge >= 0.3 is 5.76 Å². The van der Waals surface area contributed by atoms with E-state index in [0.717, 1.165) is 101 Å². The first kappa shape index (κ1) is 29.8. The Kier molecular flexibility index (Phi) is 8.53. The standard InChI is InChI=1S/C36H41N5O3S/c1-2-3-12-31-37-33(25-17-18-25)30(19-32(45)40-21-26-8-4-5-9-27(26)22-40)35(42)41(31)20-23-13-15-24(16-14-23)28-10-6-7-11-29(28)34-38-36(43)44-39-34/h6-7,10-11,13-16,25-27H,2-5,8-9,12,17-22H2,1H3,(H,38,39,43). The van der Waals surface area contributed by atoms with Gasteiger partial charge in [-0.2, -0.15) is 0 Å². The zero-order chi connectivity index (χ0) is 30.9. The number of rotatable bonds is 10. The van der Waals surface area contributed by atoms with Crippen molar-refractivity contribution in [2.75, 3.05) is 13.1 Å². The maximum atomic E-state index is 14.4. The minimum absolute atomic E-state index is 0.0707. The Hall–Kier alpha value is -3.85. The molecule has 1 N–H and O–H groups in total. The summed E-state index contributed by atoms with van der Waals surface area (Å²) >= 11 is 6.05. The number of nitrogens with one attached hydrogen (secondary N) is 1. The van der Waals surface area contributed by atoms with E-state index < -0.39 is 5.76 Å². The molecule has 2 atom stereocenters. The molecule has 2 unspecified atom stereocenters. The molecule has 0 amide bonds. The molecule has 234 valence electrons. The molecule has 1 aliphatic heterocycles. The minimum atomic E-state index is -0.584. The van der Waals surface area contributed by atoms with Gasteiger partial charge in [0, 0.05) is 43.0 Å². The summed E-state index contributed by atoms with van der Waals surface area (Å²) in [7, 11) is 0. The van der Waals surface area contributed by atoms with Gasteiger partial charge in [-0.15, -0.1) is 0 Å². The Morgan fingerprint density at radius 1 is 0.978 bits per heavy atom. The quantitative estimate of drug-likeness (QED) is 0.201. The SMILES string of the molecule is CCCCc1nc(C2CC2)c(CC(=S)N2CC3CCCCC3C2)c(=O)n1Cc1ccc(-c2ccccc2-c2noc(=O)[nH]2)cc1. The van der Waals surface area contributed by atoms with E-state index in [0.29, 0.717) is 24.7 Å². The normalized spacial score (nSPS) is 19.5. The smallest absolute Gasteiger partial charge is 0.365 e. The third kappa shape index (κ3) is 6.32. The number of nitrogens with zero attached hydrogens (tertiary/aromatic N) is 4. The van der Waals surface area contributed by atoms with Crippen LogP contribution in [0.2, 0.25) is 0 Å². The summed E-state index contributed by atoms with van der Waals surface area (Å²) in [6, 6.07) is 16.0. The van der Waals surface area contributed by atoms with Gasteiger partial charge in [-0.25, -0.2) is 9.78 Å². The van der Waals surface area contributed by atoms with Crippen molar-refractivity contribution in [3.8, 4) is 22.5 Å². The molecule has 4 aromatic rings. The Morgan fingerprint density at radius 3 is 2.33 bits per heavy atom. The van der Waals surface area contributed by atoms with Gasteiger partial charge in [0.15, 0.2) is 5.82 Å². The molecule has 0 radical (unpaired) electrons. The van der Waals surface area contributed by atoms with E-state index in [1.54, 1.807) is 0 Å². The van der Waals surface area contributed by atoms with Gasteiger partial charge in [-0.3, -0.25) is 18.9 Å². The average Bonchev–Trinajstić information content (AvgIpc) is 3.66. The largest absolute Gasteiger partial charge is 0.439 e. The van der Waals surface area contributed by atoms with E-state index >= 15 is 0 Å². The molecule has 8 nitrogen and oxygen atoms in total. The van der Waals surface area contributed by atoms with E-state index in [9.17, 15) is 9.59 Å². The monoisotopic (exact) mass is 623 g/mol. The van der Waals surface area contributed by atoms with Crippen LogP contribution in [0.1, 0.15) is 86.9 Å². The Morgan fingerprint density at radius 2 is 1.69 bits per heavy atom. The van der Waals surface area contributed by atoms with Crippen LogP contribution in [0.5, 0.6) is 0 Å². The lowest BCUT2D eigenvalue weighted by Gasteiger charge is -2.22. The van der Waals surface area contributed by atoms with Crippen LogP contribution >= 0.6 is 12.2 Å². The van der Waals surface area contributed by atoms with E-state index in [1.165, 1.54) is 25.7 Å². The number of aryl methyl sites for hydroxylation is 1. The summed E-state index contributed by atoms with van der Waals surface area (Å²) in [5, 5.41) is 3.89. The van der Waals surface area contributed by atoms with Crippen molar-refractivity contribution >= 4 is 17.2 Å². The fraction of sp³-hybridized carbons (Fsp3) is 0.472. The van der Waals surface area contributed by atoms with Crippen molar-refractivity contribution < 1.29 is 4.52 Å². The molecule has 1 saturated heterocycles. The Labute approximate surface area is 268 Å². The van der Waals surface area contributed by atoms with Crippen molar-refractivity contribution in [2.24, 2.45) is 11.8 Å². The highest BCUT2D eigenvalue weighted by atomic mass is 32.1. The fourth-order valence-corrected chi connectivity index (χ4v) is 7.63. The van der Waals surface area contributed by atoms with Crippen molar-refractivity contribution in [1.82, 2.24) is 24.6 Å². The second kappa shape index (κ2) is 12.9. The summed E-state index contributed by atoms with van der Waals surface area (Å²) in [6.07, 6.45) is 10.8. The van der Waals surface area contributed by atoms with Gasteiger partial charge in [0.1, 0.15) is 5.82 Å². The minimum Gasteiger partial charge on any atom is -0.365 e. The number of hydrogen-bond donors (Lipinski definition) is 1. The highest BCUT2D eigenvalue weighted by molar-refractivity contribution is 7.80. The average molecular weight is 624 g/mol. The number of aromatic amines is 1. The second-order valence-corrected chi connectivity index (χ2v) is 13.6. The summed E-state index contributed by atoms with van der Waals surface area (Å²) in [5.41, 5.74) is 5.61. The van der Waals surface area contributed by atoms with E-state index in [1.807, 2.05) is 28.8 Å².